The van der Waals surface area contributed by atoms with Gasteiger partial charge in [0.2, 0.25) is 11.7 Å². The van der Waals surface area contributed by atoms with E-state index in [0.717, 1.165) is 0 Å². The third-order valence-electron chi connectivity index (χ3n) is 5.45. The van der Waals surface area contributed by atoms with Crippen LogP contribution in [0.25, 0.3) is 5.69 Å². The van der Waals surface area contributed by atoms with E-state index in [1.54, 1.807) is 22.8 Å². The normalized spacial score (nSPS) is 15.0. The van der Waals surface area contributed by atoms with Crippen LogP contribution in [0.15, 0.2) is 42.6 Å². The Morgan fingerprint density at radius 3 is 2.50 bits per heavy atom. The first-order valence-electron chi connectivity index (χ1n) is 9.72. The molecule has 0 spiro atoms. The lowest BCUT2D eigenvalue weighted by Gasteiger charge is -2.28. The maximum absolute atomic E-state index is 14.0. The third kappa shape index (κ3) is 3.41. The predicted octanol–water partition coefficient (Wildman–Crippen LogP) is 3.81. The lowest BCUT2D eigenvalue weighted by Crippen LogP contribution is -2.26. The largest absolute Gasteiger partial charge is 0.493 e. The number of halogens is 1. The Bertz CT molecular complexity index is 1220. The summed E-state index contributed by atoms with van der Waals surface area (Å²) in [7, 11) is 4.44. The number of hydrogen-bond donors (Lipinski definition) is 2. The van der Waals surface area contributed by atoms with Gasteiger partial charge in [-0.2, -0.15) is 0 Å². The number of rotatable bonds is 6. The minimum Gasteiger partial charge on any atom is -0.493 e. The van der Waals surface area contributed by atoms with E-state index in [9.17, 15) is 19.1 Å². The van der Waals surface area contributed by atoms with Crippen LogP contribution in [0.3, 0.4) is 0 Å². The van der Waals surface area contributed by atoms with Crippen LogP contribution >= 0.6 is 0 Å². The van der Waals surface area contributed by atoms with Crippen molar-refractivity contribution < 1.29 is 33.3 Å². The van der Waals surface area contributed by atoms with Crippen molar-refractivity contribution in [2.75, 3.05) is 26.6 Å². The molecule has 0 radical (unpaired) electrons. The molecule has 1 aromatic heterocycles. The summed E-state index contributed by atoms with van der Waals surface area (Å²) in [6.45, 7) is 0. The molecule has 8 nitrogen and oxygen atoms in total. The molecule has 32 heavy (non-hydrogen) atoms. The Labute approximate surface area is 183 Å². The summed E-state index contributed by atoms with van der Waals surface area (Å²) in [4.78, 5) is 24.5. The van der Waals surface area contributed by atoms with E-state index in [0.29, 0.717) is 34.2 Å². The van der Waals surface area contributed by atoms with Gasteiger partial charge < -0.3 is 29.2 Å². The molecule has 2 heterocycles. The number of aromatic nitrogens is 1. The van der Waals surface area contributed by atoms with Gasteiger partial charge in [-0.05, 0) is 24.3 Å². The molecule has 0 saturated carbocycles. The lowest BCUT2D eigenvalue weighted by molar-refractivity contribution is -0.116. The van der Waals surface area contributed by atoms with Gasteiger partial charge in [0.05, 0.1) is 32.7 Å². The van der Waals surface area contributed by atoms with E-state index in [1.807, 2.05) is 0 Å². The lowest BCUT2D eigenvalue weighted by atomic mass is 9.87. The van der Waals surface area contributed by atoms with Crippen LogP contribution < -0.4 is 19.5 Å². The highest BCUT2D eigenvalue weighted by Crippen LogP contribution is 2.49. The van der Waals surface area contributed by atoms with Gasteiger partial charge in [0.1, 0.15) is 11.4 Å². The van der Waals surface area contributed by atoms with Gasteiger partial charge in [-0.3, -0.25) is 4.79 Å². The topological polar surface area (TPSA) is 99.0 Å². The highest BCUT2D eigenvalue weighted by atomic mass is 19.1. The minimum atomic E-state index is -1.21. The fourth-order valence-electron chi connectivity index (χ4n) is 4.13. The third-order valence-corrected chi connectivity index (χ3v) is 5.45. The molecule has 4 rings (SSSR count). The highest BCUT2D eigenvalue weighted by molar-refractivity contribution is 6.04. The number of fused-ring (bicyclic) bond motifs is 1. The van der Waals surface area contributed by atoms with E-state index in [-0.39, 0.29) is 23.6 Å². The summed E-state index contributed by atoms with van der Waals surface area (Å²) in [5, 5.41) is 12.4. The second-order valence-electron chi connectivity index (χ2n) is 7.19. The maximum Gasteiger partial charge on any atom is 0.339 e. The molecule has 1 atom stereocenters. The van der Waals surface area contributed by atoms with Gasteiger partial charge in [0.15, 0.2) is 11.5 Å². The zero-order valence-electron chi connectivity index (χ0n) is 17.6. The summed E-state index contributed by atoms with van der Waals surface area (Å²) in [6.07, 6.45) is 1.41. The Kier molecular flexibility index (Phi) is 5.48. The molecule has 9 heteroatoms. The number of hydrogen-bond acceptors (Lipinski definition) is 5. The molecular formula is C23H21FN2O6. The number of benzene rings is 2. The van der Waals surface area contributed by atoms with Gasteiger partial charge in [0.25, 0.3) is 0 Å². The summed E-state index contributed by atoms with van der Waals surface area (Å²) in [5.74, 6) is -1.47. The van der Waals surface area contributed by atoms with Crippen LogP contribution in [-0.4, -0.2) is 42.9 Å². The predicted molar refractivity (Wildman–Crippen MR) is 114 cm³/mol. The monoisotopic (exact) mass is 440 g/mol. The Morgan fingerprint density at radius 1 is 1.12 bits per heavy atom. The molecule has 0 bridgehead atoms. The second-order valence-corrected chi connectivity index (χ2v) is 7.19. The number of carboxylic acids is 1. The van der Waals surface area contributed by atoms with Crippen LogP contribution in [0.2, 0.25) is 0 Å². The molecular weight excluding hydrogens is 419 g/mol. The van der Waals surface area contributed by atoms with E-state index < -0.39 is 17.7 Å². The van der Waals surface area contributed by atoms with E-state index in [1.165, 1.54) is 45.7 Å². The van der Waals surface area contributed by atoms with Gasteiger partial charge in [0, 0.05) is 29.8 Å². The molecule has 0 aliphatic carbocycles. The molecule has 1 unspecified atom stereocenters. The first kappa shape index (κ1) is 21.2. The Balaban J connectivity index is 2.01. The quantitative estimate of drug-likeness (QED) is 0.605. The van der Waals surface area contributed by atoms with Crippen molar-refractivity contribution in [3.05, 3.63) is 65.2 Å². The summed E-state index contributed by atoms with van der Waals surface area (Å²) in [6, 6.07) is 9.23. The van der Waals surface area contributed by atoms with Crippen molar-refractivity contribution in [2.45, 2.75) is 12.3 Å². The Morgan fingerprint density at radius 2 is 1.88 bits per heavy atom. The van der Waals surface area contributed by atoms with Crippen LogP contribution in [0.4, 0.5) is 10.1 Å². The smallest absolute Gasteiger partial charge is 0.339 e. The van der Waals surface area contributed by atoms with Crippen LogP contribution in [-0.2, 0) is 4.79 Å². The highest BCUT2D eigenvalue weighted by Gasteiger charge is 2.36. The first-order chi connectivity index (χ1) is 15.4. The fourth-order valence-corrected chi connectivity index (χ4v) is 4.13. The van der Waals surface area contributed by atoms with E-state index >= 15 is 0 Å². The molecule has 3 aromatic rings. The van der Waals surface area contributed by atoms with Crippen LogP contribution in [0.1, 0.15) is 34.0 Å². The zero-order valence-corrected chi connectivity index (χ0v) is 17.6. The number of carbonyl (C=O) groups is 2. The Hall–Kier alpha value is -4.01. The fraction of sp³-hybridized carbons (Fsp3) is 0.217. The standard InChI is InChI=1S/C23H21FN2O6/c1-30-17-8-7-14(21(31-2)22(17)32-3)15-10-18(27)25-19-16(23(28)29)11-26(20(15)19)13-6-4-5-12(24)9-13/h4-9,11,15H,10H2,1-3H3,(H,25,27)(H,28,29). The summed E-state index contributed by atoms with van der Waals surface area (Å²) >= 11 is 0. The average Bonchev–Trinajstić information content (AvgIpc) is 3.17. The van der Waals surface area contributed by atoms with Gasteiger partial charge >= 0.3 is 5.97 Å². The van der Waals surface area contributed by atoms with Gasteiger partial charge in [-0.15, -0.1) is 0 Å². The van der Waals surface area contributed by atoms with E-state index in [4.69, 9.17) is 14.2 Å². The SMILES string of the molecule is COc1ccc(C2CC(=O)Nc3c(C(=O)O)cn(-c4cccc(F)c4)c32)c(OC)c1OC. The molecule has 0 fully saturated rings. The number of nitrogens with one attached hydrogen (secondary N) is 1. The number of anilines is 1. The molecule has 0 saturated heterocycles. The van der Waals surface area contributed by atoms with Crippen LogP contribution in [0.5, 0.6) is 17.2 Å². The number of methoxy groups -OCH3 is 3. The molecule has 166 valence electrons. The van der Waals surface area contributed by atoms with Crippen molar-refractivity contribution in [3.8, 4) is 22.9 Å². The molecule has 1 aliphatic rings. The van der Waals surface area contributed by atoms with Crippen molar-refractivity contribution in [1.82, 2.24) is 4.57 Å². The van der Waals surface area contributed by atoms with Gasteiger partial charge in [-0.25, -0.2) is 9.18 Å². The number of aromatic carboxylic acids is 1. The zero-order chi connectivity index (χ0) is 23.0. The summed E-state index contributed by atoms with van der Waals surface area (Å²) in [5.41, 5.74) is 1.60. The number of amides is 1. The van der Waals surface area contributed by atoms with E-state index in [2.05, 4.69) is 5.32 Å². The van der Waals surface area contributed by atoms with Crippen molar-refractivity contribution in [1.29, 1.82) is 0 Å². The number of ether oxygens (including phenoxy) is 3. The van der Waals surface area contributed by atoms with Crippen LogP contribution in [0, 0.1) is 5.82 Å². The molecule has 1 amide bonds. The van der Waals surface area contributed by atoms with Crippen molar-refractivity contribution >= 4 is 17.6 Å². The van der Waals surface area contributed by atoms with Crippen molar-refractivity contribution in [2.24, 2.45) is 0 Å². The number of nitrogens with zero attached hydrogens (tertiary/aromatic N) is 1. The number of carbonyl (C=O) groups excluding carboxylic acids is 1. The minimum absolute atomic E-state index is 0.0250. The average molecular weight is 440 g/mol. The molecule has 2 N–H and O–H groups in total. The number of carboxylic acid groups (broad SMARTS) is 1. The summed E-state index contributed by atoms with van der Waals surface area (Å²) < 4.78 is 32.0. The second kappa shape index (κ2) is 8.26. The first-order valence-corrected chi connectivity index (χ1v) is 9.72. The molecule has 1 aliphatic heterocycles. The maximum atomic E-state index is 14.0. The van der Waals surface area contributed by atoms with Gasteiger partial charge in [-0.1, -0.05) is 12.1 Å². The van der Waals surface area contributed by atoms with Crippen molar-refractivity contribution in [3.63, 3.8) is 0 Å². The molecule has 2 aromatic carbocycles.